The number of ether oxygens (including phenoxy) is 1. The second-order valence-corrected chi connectivity index (χ2v) is 7.00. The molecule has 1 aromatic carbocycles. The summed E-state index contributed by atoms with van der Waals surface area (Å²) in [6.07, 6.45) is 6.77. The van der Waals surface area contributed by atoms with Crippen LogP contribution in [0.4, 0.5) is 0 Å². The van der Waals surface area contributed by atoms with Gasteiger partial charge in [-0.05, 0) is 56.3 Å². The molecule has 3 heteroatoms. The highest BCUT2D eigenvalue weighted by Crippen LogP contribution is 2.32. The smallest absolute Gasteiger partial charge is 0.120 e. The Balaban J connectivity index is 1.99. The fourth-order valence-corrected chi connectivity index (χ4v) is 3.96. The van der Waals surface area contributed by atoms with E-state index in [0.29, 0.717) is 12.1 Å². The Morgan fingerprint density at radius 2 is 2.14 bits per heavy atom. The first-order valence-corrected chi connectivity index (χ1v) is 9.12. The fraction of sp³-hybridized carbons (Fsp3) is 0.667. The minimum Gasteiger partial charge on any atom is -0.490 e. The Labute approximate surface area is 137 Å². The maximum Gasteiger partial charge on any atom is 0.120 e. The van der Waals surface area contributed by atoms with Crippen molar-refractivity contribution >= 4 is 15.9 Å². The molecule has 1 fully saturated rings. The van der Waals surface area contributed by atoms with Crippen molar-refractivity contribution in [3.05, 3.63) is 28.2 Å². The van der Waals surface area contributed by atoms with Crippen LogP contribution < -0.4 is 10.1 Å². The van der Waals surface area contributed by atoms with Crippen LogP contribution in [-0.4, -0.2) is 12.6 Å². The normalized spacial score (nSPS) is 23.8. The minimum atomic E-state index is 0.359. The first-order valence-electron chi connectivity index (χ1n) is 8.33. The van der Waals surface area contributed by atoms with Gasteiger partial charge in [0.05, 0.1) is 6.10 Å². The molecule has 1 N–H and O–H groups in total. The summed E-state index contributed by atoms with van der Waals surface area (Å²) in [5.41, 5.74) is 1.29. The average molecular weight is 354 g/mol. The highest BCUT2D eigenvalue weighted by Gasteiger charge is 2.22. The predicted octanol–water partition coefficient (Wildman–Crippen LogP) is 5.47. The van der Waals surface area contributed by atoms with Gasteiger partial charge in [-0.1, -0.05) is 48.7 Å². The zero-order chi connectivity index (χ0) is 15.2. The molecule has 2 nitrogen and oxygen atoms in total. The van der Waals surface area contributed by atoms with Crippen molar-refractivity contribution in [3.63, 3.8) is 0 Å². The Morgan fingerprint density at radius 3 is 2.81 bits per heavy atom. The van der Waals surface area contributed by atoms with E-state index in [1.165, 1.54) is 37.7 Å². The van der Waals surface area contributed by atoms with Crippen LogP contribution in [-0.2, 0) is 0 Å². The minimum absolute atomic E-state index is 0.359. The van der Waals surface area contributed by atoms with Crippen LogP contribution in [0.2, 0.25) is 0 Å². The molecule has 0 aromatic heterocycles. The van der Waals surface area contributed by atoms with Crippen molar-refractivity contribution in [1.29, 1.82) is 0 Å². The van der Waals surface area contributed by atoms with E-state index in [9.17, 15) is 0 Å². The lowest BCUT2D eigenvalue weighted by atomic mass is 9.85. The van der Waals surface area contributed by atoms with Crippen LogP contribution in [0.1, 0.15) is 64.5 Å². The molecule has 1 aliphatic carbocycles. The van der Waals surface area contributed by atoms with E-state index in [-0.39, 0.29) is 0 Å². The lowest BCUT2D eigenvalue weighted by molar-refractivity contribution is 0.122. The number of hydrogen-bond donors (Lipinski definition) is 1. The molecule has 1 saturated carbocycles. The van der Waals surface area contributed by atoms with E-state index in [1.807, 2.05) is 0 Å². The molecule has 21 heavy (non-hydrogen) atoms. The summed E-state index contributed by atoms with van der Waals surface area (Å²) in [5, 5.41) is 3.45. The van der Waals surface area contributed by atoms with Crippen molar-refractivity contribution < 1.29 is 4.74 Å². The van der Waals surface area contributed by atoms with Crippen molar-refractivity contribution in [3.8, 4) is 5.75 Å². The lowest BCUT2D eigenvalue weighted by Crippen LogP contribution is -2.25. The highest BCUT2D eigenvalue weighted by molar-refractivity contribution is 9.10. The van der Waals surface area contributed by atoms with Crippen LogP contribution >= 0.6 is 15.9 Å². The fourth-order valence-electron chi connectivity index (χ4n) is 3.26. The van der Waals surface area contributed by atoms with Crippen LogP contribution in [0.25, 0.3) is 0 Å². The monoisotopic (exact) mass is 353 g/mol. The molecule has 3 unspecified atom stereocenters. The maximum atomic E-state index is 6.21. The average Bonchev–Trinajstić information content (AvgIpc) is 2.47. The molecule has 0 saturated heterocycles. The molecular weight excluding hydrogens is 326 g/mol. The molecule has 0 heterocycles. The summed E-state index contributed by atoms with van der Waals surface area (Å²) in [6, 6.07) is 6.77. The Kier molecular flexibility index (Phi) is 6.56. The lowest BCUT2D eigenvalue weighted by Gasteiger charge is -2.29. The standard InChI is InChI=1S/C18H28BrNO/c1-4-14-7-6-8-15(11-14)21-16-9-10-17(18(19)12-16)13(3)20-5-2/h9-10,12-15,20H,4-8,11H2,1-3H3. The van der Waals surface area contributed by atoms with Crippen LogP contribution in [0.5, 0.6) is 5.75 Å². The number of halogens is 1. The SMILES string of the molecule is CCNC(C)c1ccc(OC2CCCC(CC)C2)cc1Br. The van der Waals surface area contributed by atoms with Crippen LogP contribution in [0.15, 0.2) is 22.7 Å². The number of rotatable bonds is 6. The van der Waals surface area contributed by atoms with Gasteiger partial charge in [-0.25, -0.2) is 0 Å². The second kappa shape index (κ2) is 8.19. The maximum absolute atomic E-state index is 6.21. The molecule has 1 aromatic rings. The van der Waals surface area contributed by atoms with E-state index in [2.05, 4.69) is 60.2 Å². The number of nitrogens with one attached hydrogen (secondary N) is 1. The van der Waals surface area contributed by atoms with Gasteiger partial charge in [0.1, 0.15) is 5.75 Å². The van der Waals surface area contributed by atoms with E-state index < -0.39 is 0 Å². The molecule has 0 radical (unpaired) electrons. The van der Waals surface area contributed by atoms with Crippen molar-refractivity contribution in [2.24, 2.45) is 5.92 Å². The highest BCUT2D eigenvalue weighted by atomic mass is 79.9. The van der Waals surface area contributed by atoms with Gasteiger partial charge in [-0.3, -0.25) is 0 Å². The molecule has 0 spiro atoms. The third kappa shape index (κ3) is 4.72. The first-order chi connectivity index (χ1) is 10.1. The van der Waals surface area contributed by atoms with Crippen LogP contribution in [0, 0.1) is 5.92 Å². The zero-order valence-corrected chi connectivity index (χ0v) is 15.1. The van der Waals surface area contributed by atoms with E-state index in [4.69, 9.17) is 4.74 Å². The summed E-state index contributed by atoms with van der Waals surface area (Å²) in [5.74, 6) is 1.84. The molecule has 118 valence electrons. The molecule has 1 aliphatic rings. The molecule has 0 amide bonds. The van der Waals surface area contributed by atoms with E-state index in [1.54, 1.807) is 0 Å². The van der Waals surface area contributed by atoms with Crippen molar-refractivity contribution in [1.82, 2.24) is 5.32 Å². The van der Waals surface area contributed by atoms with Gasteiger partial charge in [0.15, 0.2) is 0 Å². The van der Waals surface area contributed by atoms with Crippen LogP contribution in [0.3, 0.4) is 0 Å². The van der Waals surface area contributed by atoms with Gasteiger partial charge in [-0.2, -0.15) is 0 Å². The third-order valence-electron chi connectivity index (χ3n) is 4.56. The quantitative estimate of drug-likeness (QED) is 0.732. The summed E-state index contributed by atoms with van der Waals surface area (Å²) in [4.78, 5) is 0. The molecular formula is C18H28BrNO. The molecule has 0 bridgehead atoms. The van der Waals surface area contributed by atoms with Crippen molar-refractivity contribution in [2.75, 3.05) is 6.54 Å². The second-order valence-electron chi connectivity index (χ2n) is 6.14. The van der Waals surface area contributed by atoms with Gasteiger partial charge < -0.3 is 10.1 Å². The zero-order valence-electron chi connectivity index (χ0n) is 13.5. The van der Waals surface area contributed by atoms with Crippen molar-refractivity contribution in [2.45, 2.75) is 65.0 Å². The summed E-state index contributed by atoms with van der Waals surface area (Å²) in [7, 11) is 0. The summed E-state index contributed by atoms with van der Waals surface area (Å²) < 4.78 is 7.35. The largest absolute Gasteiger partial charge is 0.490 e. The van der Waals surface area contributed by atoms with Gasteiger partial charge in [0.2, 0.25) is 0 Å². The third-order valence-corrected chi connectivity index (χ3v) is 5.25. The first kappa shape index (κ1) is 16.8. The molecule has 3 atom stereocenters. The van der Waals surface area contributed by atoms with E-state index >= 15 is 0 Å². The molecule has 0 aliphatic heterocycles. The Bertz CT molecular complexity index is 449. The van der Waals surface area contributed by atoms with Gasteiger partial charge in [-0.15, -0.1) is 0 Å². The van der Waals surface area contributed by atoms with Gasteiger partial charge >= 0.3 is 0 Å². The Morgan fingerprint density at radius 1 is 1.33 bits per heavy atom. The van der Waals surface area contributed by atoms with Gasteiger partial charge in [0, 0.05) is 10.5 Å². The topological polar surface area (TPSA) is 21.3 Å². The summed E-state index contributed by atoms with van der Waals surface area (Å²) in [6.45, 7) is 7.60. The predicted molar refractivity (Wildman–Crippen MR) is 92.9 cm³/mol. The van der Waals surface area contributed by atoms with E-state index in [0.717, 1.165) is 22.7 Å². The summed E-state index contributed by atoms with van der Waals surface area (Å²) >= 11 is 3.69. The Hall–Kier alpha value is -0.540. The molecule has 2 rings (SSSR count). The van der Waals surface area contributed by atoms with Gasteiger partial charge in [0.25, 0.3) is 0 Å². The number of benzene rings is 1. The number of hydrogen-bond acceptors (Lipinski definition) is 2.